The number of benzene rings is 2. The summed E-state index contributed by atoms with van der Waals surface area (Å²) >= 11 is 4.35. The highest BCUT2D eigenvalue weighted by atomic mass is 79.9. The molecule has 29 heavy (non-hydrogen) atoms. The van der Waals surface area contributed by atoms with E-state index in [4.69, 9.17) is 4.74 Å². The van der Waals surface area contributed by atoms with Crippen LogP contribution in [-0.4, -0.2) is 26.9 Å². The van der Waals surface area contributed by atoms with Crippen molar-refractivity contribution in [1.82, 2.24) is 0 Å². The summed E-state index contributed by atoms with van der Waals surface area (Å²) in [5.41, 5.74) is 0.627. The summed E-state index contributed by atoms with van der Waals surface area (Å²) in [5, 5.41) is 4.24. The van der Waals surface area contributed by atoms with Crippen molar-refractivity contribution in [3.63, 3.8) is 0 Å². The second kappa shape index (κ2) is 9.21. The predicted octanol–water partition coefficient (Wildman–Crippen LogP) is 4.11. The Hall–Kier alpha value is -2.69. The molecule has 0 unspecified atom stereocenters. The molecule has 1 heterocycles. The zero-order valence-electron chi connectivity index (χ0n) is 14.8. The van der Waals surface area contributed by atoms with Crippen LogP contribution in [0.5, 0.6) is 0 Å². The van der Waals surface area contributed by atoms with E-state index in [1.54, 1.807) is 47.8 Å². The number of halogens is 1. The fourth-order valence-corrected chi connectivity index (χ4v) is 4.64. The number of anilines is 2. The van der Waals surface area contributed by atoms with Crippen LogP contribution in [0.3, 0.4) is 0 Å². The van der Waals surface area contributed by atoms with Gasteiger partial charge in [-0.05, 0) is 47.8 Å². The lowest BCUT2D eigenvalue weighted by molar-refractivity contribution is -0.119. The summed E-state index contributed by atoms with van der Waals surface area (Å²) in [6.45, 7) is -0.513. The van der Waals surface area contributed by atoms with Crippen molar-refractivity contribution in [2.75, 3.05) is 16.6 Å². The van der Waals surface area contributed by atoms with Crippen molar-refractivity contribution in [2.24, 2.45) is 0 Å². The number of carbonyl (C=O) groups is 2. The second-order valence-electron chi connectivity index (χ2n) is 5.71. The summed E-state index contributed by atoms with van der Waals surface area (Å²) < 4.78 is 33.2. The average Bonchev–Trinajstić information content (AvgIpc) is 3.24. The molecule has 0 aliphatic carbocycles. The molecule has 0 aliphatic rings. The first-order valence-corrected chi connectivity index (χ1v) is 11.4. The van der Waals surface area contributed by atoms with Gasteiger partial charge in [-0.2, -0.15) is 0 Å². The van der Waals surface area contributed by atoms with E-state index in [2.05, 4.69) is 26.0 Å². The first-order valence-electron chi connectivity index (χ1n) is 8.23. The van der Waals surface area contributed by atoms with Crippen molar-refractivity contribution in [3.05, 3.63) is 76.1 Å². The normalized spacial score (nSPS) is 10.9. The van der Waals surface area contributed by atoms with E-state index in [-0.39, 0.29) is 15.5 Å². The molecule has 2 aromatic carbocycles. The van der Waals surface area contributed by atoms with Crippen LogP contribution in [0.25, 0.3) is 0 Å². The van der Waals surface area contributed by atoms with Crippen LogP contribution >= 0.6 is 27.3 Å². The molecule has 0 saturated carbocycles. The van der Waals surface area contributed by atoms with Gasteiger partial charge in [0.1, 0.15) is 4.21 Å². The van der Waals surface area contributed by atoms with E-state index >= 15 is 0 Å². The Morgan fingerprint density at radius 1 is 1.00 bits per heavy atom. The topological polar surface area (TPSA) is 102 Å². The van der Waals surface area contributed by atoms with Crippen LogP contribution in [0.15, 0.2) is 74.7 Å². The highest BCUT2D eigenvalue weighted by Gasteiger charge is 2.20. The maximum Gasteiger partial charge on any atom is 0.340 e. The first-order chi connectivity index (χ1) is 13.8. The highest BCUT2D eigenvalue weighted by Crippen LogP contribution is 2.23. The van der Waals surface area contributed by atoms with Gasteiger partial charge in [-0.15, -0.1) is 11.3 Å². The Labute approximate surface area is 179 Å². The Bertz CT molecular complexity index is 1110. The van der Waals surface area contributed by atoms with Gasteiger partial charge in [-0.25, -0.2) is 13.2 Å². The molecule has 1 amide bonds. The summed E-state index contributed by atoms with van der Waals surface area (Å²) in [7, 11) is -3.82. The van der Waals surface area contributed by atoms with Crippen LogP contribution in [0.2, 0.25) is 0 Å². The number of carbonyl (C=O) groups excluding carboxylic acids is 2. The second-order valence-corrected chi connectivity index (χ2v) is 9.49. The maximum absolute atomic E-state index is 12.4. The van der Waals surface area contributed by atoms with Crippen LogP contribution in [0.4, 0.5) is 11.4 Å². The third kappa shape index (κ3) is 5.66. The summed E-state index contributed by atoms with van der Waals surface area (Å²) in [6, 6.07) is 16.0. The average molecular weight is 495 g/mol. The Morgan fingerprint density at radius 2 is 1.72 bits per heavy atom. The van der Waals surface area contributed by atoms with Gasteiger partial charge in [-0.1, -0.05) is 34.1 Å². The molecule has 2 N–H and O–H groups in total. The van der Waals surface area contributed by atoms with Crippen LogP contribution in [0, 0.1) is 0 Å². The van der Waals surface area contributed by atoms with Gasteiger partial charge < -0.3 is 10.1 Å². The number of rotatable bonds is 7. The molecule has 0 fully saturated rings. The van der Waals surface area contributed by atoms with E-state index in [9.17, 15) is 18.0 Å². The van der Waals surface area contributed by atoms with Crippen molar-refractivity contribution in [2.45, 2.75) is 4.21 Å². The first kappa shape index (κ1) is 21.0. The number of amides is 1. The molecule has 0 atom stereocenters. The minimum absolute atomic E-state index is 0.00377. The number of hydrogen-bond donors (Lipinski definition) is 2. The molecule has 10 heteroatoms. The molecule has 0 radical (unpaired) electrons. The quantitative estimate of drug-likeness (QED) is 0.481. The summed E-state index contributed by atoms with van der Waals surface area (Å²) in [6.07, 6.45) is 0. The third-order valence-corrected chi connectivity index (χ3v) is 6.91. The number of nitrogens with one attached hydrogen (secondary N) is 2. The summed E-state index contributed by atoms with van der Waals surface area (Å²) in [4.78, 5) is 24.4. The number of hydrogen-bond acceptors (Lipinski definition) is 6. The molecule has 0 spiro atoms. The number of esters is 1. The Morgan fingerprint density at radius 3 is 2.41 bits per heavy atom. The van der Waals surface area contributed by atoms with Crippen molar-refractivity contribution >= 4 is 60.5 Å². The van der Waals surface area contributed by atoms with E-state index < -0.39 is 28.5 Å². The lowest BCUT2D eigenvalue weighted by Gasteiger charge is -2.11. The number of para-hydroxylation sites is 1. The van der Waals surface area contributed by atoms with Gasteiger partial charge in [0, 0.05) is 10.2 Å². The van der Waals surface area contributed by atoms with E-state index in [1.165, 1.54) is 18.2 Å². The highest BCUT2D eigenvalue weighted by molar-refractivity contribution is 9.10. The fourth-order valence-electron chi connectivity index (χ4n) is 2.30. The van der Waals surface area contributed by atoms with Gasteiger partial charge in [0.05, 0.1) is 11.3 Å². The molecular weight excluding hydrogens is 480 g/mol. The summed E-state index contributed by atoms with van der Waals surface area (Å²) in [5.74, 6) is -1.34. The SMILES string of the molecule is O=C(COC(=O)c1ccccc1NS(=O)(=O)c1cccs1)Nc1ccc(Br)cc1. The zero-order chi connectivity index (χ0) is 20.9. The Balaban J connectivity index is 1.65. The fraction of sp³-hybridized carbons (Fsp3) is 0.0526. The smallest absolute Gasteiger partial charge is 0.340 e. The number of sulfonamides is 1. The molecule has 1 aromatic heterocycles. The van der Waals surface area contributed by atoms with E-state index in [0.29, 0.717) is 5.69 Å². The zero-order valence-corrected chi connectivity index (χ0v) is 18.0. The van der Waals surface area contributed by atoms with Gasteiger partial charge in [-0.3, -0.25) is 9.52 Å². The minimum Gasteiger partial charge on any atom is -0.452 e. The molecule has 0 saturated heterocycles. The van der Waals surface area contributed by atoms with Crippen LogP contribution in [-0.2, 0) is 19.6 Å². The van der Waals surface area contributed by atoms with Crippen molar-refractivity contribution in [1.29, 1.82) is 0 Å². The lowest BCUT2D eigenvalue weighted by Crippen LogP contribution is -2.22. The lowest BCUT2D eigenvalue weighted by atomic mass is 10.2. The monoisotopic (exact) mass is 494 g/mol. The molecule has 0 bridgehead atoms. The van der Waals surface area contributed by atoms with Crippen molar-refractivity contribution in [3.8, 4) is 0 Å². The number of ether oxygens (including phenoxy) is 1. The molecule has 3 aromatic rings. The van der Waals surface area contributed by atoms with Crippen LogP contribution in [0.1, 0.15) is 10.4 Å². The molecule has 0 aliphatic heterocycles. The predicted molar refractivity (Wildman–Crippen MR) is 115 cm³/mol. The standard InChI is InChI=1S/C19H15BrN2O5S2/c20-13-7-9-14(10-8-13)21-17(23)12-27-19(24)15-4-1-2-5-16(15)22-29(25,26)18-6-3-11-28-18/h1-11,22H,12H2,(H,21,23). The van der Waals surface area contributed by atoms with Gasteiger partial charge >= 0.3 is 5.97 Å². The molecule has 3 rings (SSSR count). The number of thiophene rings is 1. The van der Waals surface area contributed by atoms with E-state index in [1.807, 2.05) is 0 Å². The van der Waals surface area contributed by atoms with Crippen molar-refractivity contribution < 1.29 is 22.7 Å². The molecule has 150 valence electrons. The van der Waals surface area contributed by atoms with Gasteiger partial charge in [0.25, 0.3) is 15.9 Å². The molecular formula is C19H15BrN2O5S2. The van der Waals surface area contributed by atoms with E-state index in [0.717, 1.165) is 15.8 Å². The van der Waals surface area contributed by atoms with Gasteiger partial charge in [0.15, 0.2) is 6.61 Å². The van der Waals surface area contributed by atoms with Crippen LogP contribution < -0.4 is 10.0 Å². The van der Waals surface area contributed by atoms with Gasteiger partial charge in [0.2, 0.25) is 0 Å². The molecule has 7 nitrogen and oxygen atoms in total. The Kier molecular flexibility index (Phi) is 6.68. The maximum atomic E-state index is 12.4. The largest absolute Gasteiger partial charge is 0.452 e. The third-order valence-electron chi connectivity index (χ3n) is 3.61. The minimum atomic E-state index is -3.82.